The summed E-state index contributed by atoms with van der Waals surface area (Å²) in [5, 5.41) is 3.82. The highest BCUT2D eigenvalue weighted by atomic mass is 35.5. The van der Waals surface area contributed by atoms with Crippen molar-refractivity contribution in [1.29, 1.82) is 0 Å². The van der Waals surface area contributed by atoms with Crippen molar-refractivity contribution in [2.75, 3.05) is 13.7 Å². The molecule has 0 saturated carbocycles. The van der Waals surface area contributed by atoms with E-state index in [0.717, 1.165) is 16.7 Å². The maximum Gasteiger partial charge on any atom is 0.261 e. The van der Waals surface area contributed by atoms with Gasteiger partial charge in [0, 0.05) is 23.6 Å². The first-order valence-electron chi connectivity index (χ1n) is 8.88. The Balaban J connectivity index is 2.17. The molecule has 2 rings (SSSR count). The molecule has 150 valence electrons. The summed E-state index contributed by atoms with van der Waals surface area (Å²) in [6.45, 7) is 5.49. The number of halogens is 2. The zero-order valence-electron chi connectivity index (χ0n) is 16.4. The van der Waals surface area contributed by atoms with E-state index in [-0.39, 0.29) is 25.0 Å². The molecule has 1 atom stereocenters. The summed E-state index contributed by atoms with van der Waals surface area (Å²) in [7, 11) is 1.54. The van der Waals surface area contributed by atoms with Crippen LogP contribution in [0.5, 0.6) is 5.75 Å². The van der Waals surface area contributed by atoms with Crippen molar-refractivity contribution in [3.05, 3.63) is 63.1 Å². The number of rotatable bonds is 7. The molecular formula is C21H24Cl2N2O3. The van der Waals surface area contributed by atoms with E-state index < -0.39 is 6.04 Å². The predicted molar refractivity (Wildman–Crippen MR) is 112 cm³/mol. The molecule has 1 unspecified atom stereocenters. The minimum Gasteiger partial charge on any atom is -0.484 e. The monoisotopic (exact) mass is 422 g/mol. The van der Waals surface area contributed by atoms with Gasteiger partial charge in [0.25, 0.3) is 5.91 Å². The normalized spacial score (nSPS) is 11.6. The molecule has 0 heterocycles. The van der Waals surface area contributed by atoms with Gasteiger partial charge in [0.15, 0.2) is 6.61 Å². The van der Waals surface area contributed by atoms with Crippen LogP contribution in [0.3, 0.4) is 0 Å². The first-order chi connectivity index (χ1) is 13.2. The SMILES string of the molecule is CNC(=O)C(C)N(Cc1cccc(Cl)c1)C(=O)COc1cc(C)c(Cl)c(C)c1. The quantitative estimate of drug-likeness (QED) is 0.728. The second-order valence-electron chi connectivity index (χ2n) is 6.60. The summed E-state index contributed by atoms with van der Waals surface area (Å²) in [5.74, 6) is -0.00190. The Kier molecular flexibility index (Phi) is 7.72. The molecule has 0 fully saturated rings. The van der Waals surface area contributed by atoms with Gasteiger partial charge < -0.3 is 15.0 Å². The topological polar surface area (TPSA) is 58.6 Å². The highest BCUT2D eigenvalue weighted by Crippen LogP contribution is 2.26. The first kappa shape index (κ1) is 22.1. The Bertz CT molecular complexity index is 847. The summed E-state index contributed by atoms with van der Waals surface area (Å²) < 4.78 is 5.68. The van der Waals surface area contributed by atoms with Crippen LogP contribution in [0.4, 0.5) is 0 Å². The van der Waals surface area contributed by atoms with Gasteiger partial charge in [0.1, 0.15) is 11.8 Å². The molecule has 7 heteroatoms. The second kappa shape index (κ2) is 9.80. The van der Waals surface area contributed by atoms with E-state index >= 15 is 0 Å². The molecule has 2 aromatic carbocycles. The minimum absolute atomic E-state index is 0.192. The van der Waals surface area contributed by atoms with E-state index in [2.05, 4.69) is 5.32 Å². The fourth-order valence-electron chi connectivity index (χ4n) is 2.84. The van der Waals surface area contributed by atoms with Crippen molar-refractivity contribution in [3.8, 4) is 5.75 Å². The zero-order valence-corrected chi connectivity index (χ0v) is 17.9. The first-order valence-corrected chi connectivity index (χ1v) is 9.63. The van der Waals surface area contributed by atoms with E-state index in [9.17, 15) is 9.59 Å². The Hall–Kier alpha value is -2.24. The molecule has 0 aliphatic heterocycles. The molecule has 5 nitrogen and oxygen atoms in total. The summed E-state index contributed by atoms with van der Waals surface area (Å²) in [6.07, 6.45) is 0. The molecule has 0 aliphatic rings. The van der Waals surface area contributed by atoms with E-state index in [1.807, 2.05) is 19.9 Å². The van der Waals surface area contributed by atoms with E-state index in [1.54, 1.807) is 37.3 Å². The smallest absolute Gasteiger partial charge is 0.261 e. The standard InChI is InChI=1S/C21H24Cl2N2O3/c1-13-8-18(9-14(2)20(13)23)28-12-19(26)25(15(3)21(27)24-4)11-16-6-5-7-17(22)10-16/h5-10,15H,11-12H2,1-4H3,(H,24,27). The van der Waals surface area contributed by atoms with Crippen LogP contribution in [-0.4, -0.2) is 36.4 Å². The van der Waals surface area contributed by atoms with Gasteiger partial charge in [0.05, 0.1) is 0 Å². The van der Waals surface area contributed by atoms with Crippen LogP contribution in [0.25, 0.3) is 0 Å². The fourth-order valence-corrected chi connectivity index (χ4v) is 3.16. The summed E-state index contributed by atoms with van der Waals surface area (Å²) in [5.41, 5.74) is 2.58. The maximum absolute atomic E-state index is 12.9. The third-order valence-corrected chi connectivity index (χ3v) is 5.26. The van der Waals surface area contributed by atoms with Gasteiger partial charge in [-0.15, -0.1) is 0 Å². The van der Waals surface area contributed by atoms with Crippen LogP contribution in [0, 0.1) is 13.8 Å². The van der Waals surface area contributed by atoms with Crippen LogP contribution in [0.1, 0.15) is 23.6 Å². The Morgan fingerprint density at radius 1 is 1.14 bits per heavy atom. The maximum atomic E-state index is 12.9. The molecule has 1 N–H and O–H groups in total. The van der Waals surface area contributed by atoms with Crippen molar-refractivity contribution < 1.29 is 14.3 Å². The number of carbonyl (C=O) groups is 2. The average Bonchev–Trinajstić information content (AvgIpc) is 2.67. The largest absolute Gasteiger partial charge is 0.484 e. The summed E-state index contributed by atoms with van der Waals surface area (Å²) in [4.78, 5) is 26.5. The molecule has 0 spiro atoms. The predicted octanol–water partition coefficient (Wildman–Crippen LogP) is 4.15. The third kappa shape index (κ3) is 5.63. The number of benzene rings is 2. The van der Waals surface area contributed by atoms with Crippen LogP contribution in [-0.2, 0) is 16.1 Å². The van der Waals surface area contributed by atoms with Crippen molar-refractivity contribution in [1.82, 2.24) is 10.2 Å². The van der Waals surface area contributed by atoms with Crippen molar-refractivity contribution in [3.63, 3.8) is 0 Å². The van der Waals surface area contributed by atoms with Crippen LogP contribution >= 0.6 is 23.2 Å². The van der Waals surface area contributed by atoms with Crippen molar-refractivity contribution >= 4 is 35.0 Å². The number of likely N-dealkylation sites (N-methyl/N-ethyl adjacent to an activating group) is 1. The lowest BCUT2D eigenvalue weighted by molar-refractivity contribution is -0.142. The Morgan fingerprint density at radius 3 is 2.36 bits per heavy atom. The Morgan fingerprint density at radius 2 is 1.79 bits per heavy atom. The number of amides is 2. The molecule has 0 radical (unpaired) electrons. The number of ether oxygens (including phenoxy) is 1. The van der Waals surface area contributed by atoms with Crippen molar-refractivity contribution in [2.45, 2.75) is 33.4 Å². The highest BCUT2D eigenvalue weighted by Gasteiger charge is 2.26. The van der Waals surface area contributed by atoms with Gasteiger partial charge >= 0.3 is 0 Å². The summed E-state index contributed by atoms with van der Waals surface area (Å²) >= 11 is 12.2. The molecule has 0 saturated heterocycles. The molecule has 0 bridgehead atoms. The number of nitrogens with zero attached hydrogens (tertiary/aromatic N) is 1. The number of carbonyl (C=O) groups excluding carboxylic acids is 2. The highest BCUT2D eigenvalue weighted by molar-refractivity contribution is 6.32. The number of hydrogen-bond donors (Lipinski definition) is 1. The molecular weight excluding hydrogens is 399 g/mol. The van der Waals surface area contributed by atoms with Crippen LogP contribution in [0.15, 0.2) is 36.4 Å². The van der Waals surface area contributed by atoms with Gasteiger partial charge in [0.2, 0.25) is 5.91 Å². The third-order valence-electron chi connectivity index (χ3n) is 4.43. The average molecular weight is 423 g/mol. The van der Waals surface area contributed by atoms with Crippen molar-refractivity contribution in [2.24, 2.45) is 0 Å². The van der Waals surface area contributed by atoms with Gasteiger partial charge in [-0.3, -0.25) is 9.59 Å². The lowest BCUT2D eigenvalue weighted by Crippen LogP contribution is -2.48. The van der Waals surface area contributed by atoms with E-state index in [4.69, 9.17) is 27.9 Å². The molecule has 0 aliphatic carbocycles. The lowest BCUT2D eigenvalue weighted by atomic mass is 10.1. The van der Waals surface area contributed by atoms with Crippen LogP contribution in [0.2, 0.25) is 10.0 Å². The summed E-state index contributed by atoms with van der Waals surface area (Å²) in [6, 6.07) is 10.1. The van der Waals surface area contributed by atoms with Gasteiger partial charge in [-0.2, -0.15) is 0 Å². The van der Waals surface area contributed by atoms with Crippen LogP contribution < -0.4 is 10.1 Å². The molecule has 2 amide bonds. The molecule has 28 heavy (non-hydrogen) atoms. The van der Waals surface area contributed by atoms with Gasteiger partial charge in [-0.25, -0.2) is 0 Å². The minimum atomic E-state index is -0.659. The molecule has 2 aromatic rings. The lowest BCUT2D eigenvalue weighted by Gasteiger charge is -2.28. The van der Waals surface area contributed by atoms with E-state index in [1.165, 1.54) is 11.9 Å². The number of hydrogen-bond acceptors (Lipinski definition) is 3. The second-order valence-corrected chi connectivity index (χ2v) is 7.42. The zero-order chi connectivity index (χ0) is 20.8. The Labute approximate surface area is 175 Å². The van der Waals surface area contributed by atoms with Gasteiger partial charge in [-0.05, 0) is 61.7 Å². The molecule has 0 aromatic heterocycles. The number of aryl methyl sites for hydroxylation is 2. The van der Waals surface area contributed by atoms with Gasteiger partial charge in [-0.1, -0.05) is 35.3 Å². The fraction of sp³-hybridized carbons (Fsp3) is 0.333. The van der Waals surface area contributed by atoms with E-state index in [0.29, 0.717) is 15.8 Å². The number of nitrogens with one attached hydrogen (secondary N) is 1.